The topological polar surface area (TPSA) is 76.4 Å². The Morgan fingerprint density at radius 2 is 1.89 bits per heavy atom. The van der Waals surface area contributed by atoms with Crippen LogP contribution in [0.3, 0.4) is 0 Å². The Labute approximate surface area is 158 Å². The first-order chi connectivity index (χ1) is 12.6. The summed E-state index contributed by atoms with van der Waals surface area (Å²) in [6.07, 6.45) is -3.32. The molecule has 1 aliphatic rings. The zero-order valence-corrected chi connectivity index (χ0v) is 15.1. The lowest BCUT2D eigenvalue weighted by Gasteiger charge is -2.33. The molecule has 1 aromatic rings. The van der Waals surface area contributed by atoms with E-state index in [1.165, 1.54) is 19.2 Å². The Balaban J connectivity index is 2.10. The quantitative estimate of drug-likeness (QED) is 0.625. The van der Waals surface area contributed by atoms with Gasteiger partial charge < -0.3 is 15.1 Å². The molecule has 10 heteroatoms. The van der Waals surface area contributed by atoms with E-state index < -0.39 is 22.7 Å². The van der Waals surface area contributed by atoms with Crippen LogP contribution >= 0.6 is 11.6 Å². The van der Waals surface area contributed by atoms with Gasteiger partial charge in [0.05, 0.1) is 10.6 Å². The molecule has 2 rings (SSSR count). The van der Waals surface area contributed by atoms with E-state index in [1.807, 2.05) is 0 Å². The number of halogens is 4. The van der Waals surface area contributed by atoms with Gasteiger partial charge in [-0.05, 0) is 18.2 Å². The van der Waals surface area contributed by atoms with Gasteiger partial charge >= 0.3 is 6.18 Å². The number of nitriles is 1. The molecule has 1 heterocycles. The van der Waals surface area contributed by atoms with E-state index in [9.17, 15) is 28.0 Å². The minimum absolute atomic E-state index is 0.0555. The van der Waals surface area contributed by atoms with E-state index in [4.69, 9.17) is 11.6 Å². The first-order valence-corrected chi connectivity index (χ1v) is 8.29. The van der Waals surface area contributed by atoms with E-state index in [0.717, 1.165) is 6.07 Å². The number of nitrogens with one attached hydrogen (secondary N) is 1. The Kier molecular flexibility index (Phi) is 6.33. The summed E-state index contributed by atoms with van der Waals surface area (Å²) in [5, 5.41) is 11.0. The van der Waals surface area contributed by atoms with Crippen LogP contribution in [0.2, 0.25) is 5.02 Å². The number of piperazine rings is 1. The normalized spacial score (nSPS) is 15.3. The lowest BCUT2D eigenvalue weighted by molar-refractivity contribution is -0.137. The van der Waals surface area contributed by atoms with Crippen LogP contribution in [-0.2, 0) is 15.8 Å². The Morgan fingerprint density at radius 1 is 1.26 bits per heavy atom. The average molecular weight is 401 g/mol. The second-order valence-corrected chi connectivity index (χ2v) is 6.25. The third kappa shape index (κ3) is 5.37. The Morgan fingerprint density at radius 3 is 2.41 bits per heavy atom. The molecule has 27 heavy (non-hydrogen) atoms. The van der Waals surface area contributed by atoms with E-state index in [0.29, 0.717) is 32.2 Å². The first-order valence-electron chi connectivity index (χ1n) is 7.91. The largest absolute Gasteiger partial charge is 0.417 e. The highest BCUT2D eigenvalue weighted by molar-refractivity contribution is 6.31. The molecule has 0 unspecified atom stereocenters. The number of carbonyl (C=O) groups excluding carboxylic acids is 2. The number of rotatable bonds is 3. The highest BCUT2D eigenvalue weighted by Crippen LogP contribution is 2.36. The predicted octanol–water partition coefficient (Wildman–Crippen LogP) is 2.87. The van der Waals surface area contributed by atoms with Gasteiger partial charge in [0.15, 0.2) is 0 Å². The summed E-state index contributed by atoms with van der Waals surface area (Å²) in [6, 6.07) is 4.69. The maximum absolute atomic E-state index is 12.9. The smallest absolute Gasteiger partial charge is 0.373 e. The van der Waals surface area contributed by atoms with Crippen molar-refractivity contribution < 1.29 is 22.8 Å². The number of anilines is 1. The maximum Gasteiger partial charge on any atom is 0.417 e. The van der Waals surface area contributed by atoms with Gasteiger partial charge in [-0.3, -0.25) is 9.59 Å². The number of amides is 2. The molecular weight excluding hydrogens is 385 g/mol. The standard InChI is InChI=1S/C17H16ClF3N4O2/c1-11(26)25-6-4-24(5-7-25)10-12(9-22)16(27)23-13-2-3-15(18)14(8-13)17(19,20)21/h2-3,8,10H,4-7H2,1H3,(H,23,27)/b12-10-. The van der Waals surface area contributed by atoms with Gasteiger partial charge in [-0.15, -0.1) is 0 Å². The minimum atomic E-state index is -4.66. The van der Waals surface area contributed by atoms with Gasteiger partial charge in [0, 0.05) is 45.0 Å². The molecule has 0 atom stereocenters. The van der Waals surface area contributed by atoms with Crippen molar-refractivity contribution in [1.82, 2.24) is 9.80 Å². The summed E-state index contributed by atoms with van der Waals surface area (Å²) in [7, 11) is 0. The van der Waals surface area contributed by atoms with Crippen molar-refractivity contribution in [2.45, 2.75) is 13.1 Å². The zero-order chi connectivity index (χ0) is 20.2. The molecule has 144 valence electrons. The summed E-state index contributed by atoms with van der Waals surface area (Å²) in [6.45, 7) is 3.26. The van der Waals surface area contributed by atoms with Gasteiger partial charge in [0.2, 0.25) is 5.91 Å². The van der Waals surface area contributed by atoms with E-state index in [-0.39, 0.29) is 17.2 Å². The maximum atomic E-state index is 12.9. The third-order valence-electron chi connectivity index (χ3n) is 3.97. The molecule has 0 aliphatic carbocycles. The molecule has 1 saturated heterocycles. The van der Waals surface area contributed by atoms with Gasteiger partial charge in [-0.2, -0.15) is 18.4 Å². The number of nitrogens with zero attached hydrogens (tertiary/aromatic N) is 3. The Bertz CT molecular complexity index is 809. The van der Waals surface area contributed by atoms with Crippen molar-refractivity contribution in [2.24, 2.45) is 0 Å². The molecule has 0 aromatic heterocycles. The molecule has 1 aromatic carbocycles. The second kappa shape index (κ2) is 8.31. The molecular formula is C17H16ClF3N4O2. The van der Waals surface area contributed by atoms with Crippen molar-refractivity contribution in [2.75, 3.05) is 31.5 Å². The second-order valence-electron chi connectivity index (χ2n) is 5.84. The minimum Gasteiger partial charge on any atom is -0.373 e. The molecule has 1 fully saturated rings. The summed E-state index contributed by atoms with van der Waals surface area (Å²) in [5.74, 6) is -0.887. The Hall–Kier alpha value is -2.73. The fraction of sp³-hybridized carbons (Fsp3) is 0.353. The van der Waals surface area contributed by atoms with Crippen LogP contribution in [0.5, 0.6) is 0 Å². The van der Waals surface area contributed by atoms with Crippen LogP contribution < -0.4 is 5.32 Å². The van der Waals surface area contributed by atoms with Crippen molar-refractivity contribution in [3.8, 4) is 6.07 Å². The molecule has 2 amide bonds. The summed E-state index contributed by atoms with van der Waals surface area (Å²) in [4.78, 5) is 26.9. The highest BCUT2D eigenvalue weighted by Gasteiger charge is 2.33. The summed E-state index contributed by atoms with van der Waals surface area (Å²) in [5.41, 5.74) is -1.46. The number of benzene rings is 1. The molecule has 0 spiro atoms. The monoisotopic (exact) mass is 400 g/mol. The molecule has 0 saturated carbocycles. The van der Waals surface area contributed by atoms with Crippen molar-refractivity contribution in [3.05, 3.63) is 40.6 Å². The summed E-state index contributed by atoms with van der Waals surface area (Å²) < 4.78 is 38.7. The van der Waals surface area contributed by atoms with Gasteiger partial charge in [0.25, 0.3) is 5.91 Å². The SMILES string of the molecule is CC(=O)N1CCN(/C=C(/C#N)C(=O)Nc2ccc(Cl)c(C(F)(F)F)c2)CC1. The number of alkyl halides is 3. The van der Waals surface area contributed by atoms with Crippen molar-refractivity contribution >= 4 is 29.1 Å². The van der Waals surface area contributed by atoms with Gasteiger partial charge in [-0.25, -0.2) is 0 Å². The van der Waals surface area contributed by atoms with E-state index in [2.05, 4.69) is 5.32 Å². The van der Waals surface area contributed by atoms with Crippen LogP contribution in [0.15, 0.2) is 30.0 Å². The fourth-order valence-corrected chi connectivity index (χ4v) is 2.73. The van der Waals surface area contributed by atoms with Crippen molar-refractivity contribution in [1.29, 1.82) is 5.26 Å². The van der Waals surface area contributed by atoms with E-state index >= 15 is 0 Å². The zero-order valence-electron chi connectivity index (χ0n) is 14.3. The van der Waals surface area contributed by atoms with Crippen LogP contribution in [0.4, 0.5) is 18.9 Å². The van der Waals surface area contributed by atoms with Gasteiger partial charge in [0.1, 0.15) is 11.6 Å². The third-order valence-corrected chi connectivity index (χ3v) is 4.30. The predicted molar refractivity (Wildman–Crippen MR) is 92.6 cm³/mol. The van der Waals surface area contributed by atoms with Gasteiger partial charge in [-0.1, -0.05) is 11.6 Å². The number of hydrogen-bond donors (Lipinski definition) is 1. The summed E-state index contributed by atoms with van der Waals surface area (Å²) >= 11 is 5.54. The number of carbonyl (C=O) groups is 2. The lowest BCUT2D eigenvalue weighted by Crippen LogP contribution is -2.46. The van der Waals surface area contributed by atoms with Crippen LogP contribution in [0.1, 0.15) is 12.5 Å². The molecule has 1 aliphatic heterocycles. The number of hydrogen-bond acceptors (Lipinski definition) is 4. The molecule has 0 radical (unpaired) electrons. The van der Waals surface area contributed by atoms with Crippen LogP contribution in [0.25, 0.3) is 0 Å². The molecule has 1 N–H and O–H groups in total. The lowest BCUT2D eigenvalue weighted by atomic mass is 10.2. The highest BCUT2D eigenvalue weighted by atomic mass is 35.5. The van der Waals surface area contributed by atoms with E-state index in [1.54, 1.807) is 15.9 Å². The first kappa shape index (κ1) is 20.6. The molecule has 0 bridgehead atoms. The van der Waals surface area contributed by atoms with Crippen LogP contribution in [-0.4, -0.2) is 47.8 Å². The van der Waals surface area contributed by atoms with Crippen molar-refractivity contribution in [3.63, 3.8) is 0 Å². The fourth-order valence-electron chi connectivity index (χ4n) is 2.51. The average Bonchev–Trinajstić information content (AvgIpc) is 2.60. The molecule has 6 nitrogen and oxygen atoms in total. The van der Waals surface area contributed by atoms with Crippen LogP contribution in [0, 0.1) is 11.3 Å².